The Hall–Kier alpha value is -0.120. The molecule has 0 bridgehead atoms. The zero-order valence-electron chi connectivity index (χ0n) is 11.0. The van der Waals surface area contributed by atoms with Crippen molar-refractivity contribution in [3.05, 3.63) is 0 Å². The van der Waals surface area contributed by atoms with Crippen LogP contribution in [0.25, 0.3) is 0 Å². The van der Waals surface area contributed by atoms with Gasteiger partial charge in [-0.15, -0.1) is 0 Å². The molecule has 0 aromatic rings. The van der Waals surface area contributed by atoms with E-state index >= 15 is 0 Å². The highest BCUT2D eigenvalue weighted by Crippen LogP contribution is 2.24. The number of hydrogen-bond acceptors (Lipinski definition) is 3. The van der Waals surface area contributed by atoms with Gasteiger partial charge in [0.1, 0.15) is 0 Å². The van der Waals surface area contributed by atoms with Crippen LogP contribution >= 0.6 is 0 Å². The van der Waals surface area contributed by atoms with Gasteiger partial charge in [0.25, 0.3) is 0 Å². The molecule has 4 atom stereocenters. The van der Waals surface area contributed by atoms with Gasteiger partial charge in [-0.3, -0.25) is 0 Å². The highest BCUT2D eigenvalue weighted by molar-refractivity contribution is 4.83. The van der Waals surface area contributed by atoms with Gasteiger partial charge in [0.15, 0.2) is 0 Å². The first-order valence-corrected chi connectivity index (χ1v) is 7.34. The molecule has 4 unspecified atom stereocenters. The minimum atomic E-state index is -0.139. The largest absolute Gasteiger partial charge is 0.392 e. The van der Waals surface area contributed by atoms with Gasteiger partial charge in [0, 0.05) is 19.2 Å². The molecule has 2 rings (SSSR count). The Morgan fingerprint density at radius 2 is 2.00 bits per heavy atom. The lowest BCUT2D eigenvalue weighted by Gasteiger charge is -2.25. The summed E-state index contributed by atoms with van der Waals surface area (Å²) in [5, 5.41) is 13.6. The van der Waals surface area contributed by atoms with Crippen molar-refractivity contribution in [1.29, 1.82) is 0 Å². The van der Waals surface area contributed by atoms with Crippen LogP contribution in [0.4, 0.5) is 0 Å². The van der Waals surface area contributed by atoms with Crippen LogP contribution in [-0.4, -0.2) is 36.5 Å². The van der Waals surface area contributed by atoms with Crippen molar-refractivity contribution >= 4 is 0 Å². The monoisotopic (exact) mass is 241 g/mol. The predicted molar refractivity (Wildman–Crippen MR) is 69.0 cm³/mol. The molecule has 3 heteroatoms. The van der Waals surface area contributed by atoms with Crippen LogP contribution in [-0.2, 0) is 4.74 Å². The summed E-state index contributed by atoms with van der Waals surface area (Å²) in [6.07, 6.45) is 8.40. The fourth-order valence-corrected chi connectivity index (χ4v) is 3.21. The zero-order valence-corrected chi connectivity index (χ0v) is 11.0. The number of ether oxygens (including phenoxy) is 1. The topological polar surface area (TPSA) is 41.5 Å². The number of aliphatic hydroxyl groups is 1. The Kier molecular flexibility index (Phi) is 5.26. The maximum absolute atomic E-state index is 10.1. The molecule has 2 N–H and O–H groups in total. The van der Waals surface area contributed by atoms with Crippen molar-refractivity contribution in [2.75, 3.05) is 13.2 Å². The van der Waals surface area contributed by atoms with Gasteiger partial charge in [0.05, 0.1) is 12.2 Å². The van der Waals surface area contributed by atoms with E-state index < -0.39 is 0 Å². The van der Waals surface area contributed by atoms with E-state index in [0.29, 0.717) is 18.1 Å². The molecule has 1 saturated carbocycles. The molecule has 1 heterocycles. The van der Waals surface area contributed by atoms with E-state index in [1.54, 1.807) is 0 Å². The van der Waals surface area contributed by atoms with Gasteiger partial charge in [-0.2, -0.15) is 0 Å². The van der Waals surface area contributed by atoms with E-state index in [1.807, 2.05) is 0 Å². The second-order valence-corrected chi connectivity index (χ2v) is 5.59. The molecule has 0 aromatic carbocycles. The van der Waals surface area contributed by atoms with E-state index in [0.717, 1.165) is 32.4 Å². The van der Waals surface area contributed by atoms with Crippen LogP contribution in [0.2, 0.25) is 0 Å². The predicted octanol–water partition coefficient (Wildman–Crippen LogP) is 2.08. The minimum absolute atomic E-state index is 0.139. The van der Waals surface area contributed by atoms with Crippen molar-refractivity contribution in [2.45, 2.75) is 70.1 Å². The third-order valence-electron chi connectivity index (χ3n) is 4.37. The van der Waals surface area contributed by atoms with Gasteiger partial charge in [-0.1, -0.05) is 26.2 Å². The highest BCUT2D eigenvalue weighted by Gasteiger charge is 2.28. The van der Waals surface area contributed by atoms with Gasteiger partial charge in [0.2, 0.25) is 0 Å². The lowest BCUT2D eigenvalue weighted by molar-refractivity contribution is 0.0805. The van der Waals surface area contributed by atoms with Gasteiger partial charge in [-0.25, -0.2) is 0 Å². The van der Waals surface area contributed by atoms with Crippen LogP contribution in [0.3, 0.4) is 0 Å². The standard InChI is InChI=1S/C14H27NO2/c1-2-14-11(8-9-17-14)10-15-12-6-4-3-5-7-13(12)16/h11-16H,2-10H2,1H3. The number of aliphatic hydroxyl groups excluding tert-OH is 1. The van der Waals surface area contributed by atoms with E-state index in [9.17, 15) is 5.11 Å². The average Bonchev–Trinajstić information content (AvgIpc) is 2.70. The molecule has 0 amide bonds. The molecular formula is C14H27NO2. The van der Waals surface area contributed by atoms with Gasteiger partial charge in [-0.05, 0) is 31.6 Å². The lowest BCUT2D eigenvalue weighted by Crippen LogP contribution is -2.42. The lowest BCUT2D eigenvalue weighted by atomic mass is 9.98. The maximum Gasteiger partial charge on any atom is 0.0693 e. The van der Waals surface area contributed by atoms with E-state index in [2.05, 4.69) is 12.2 Å². The Balaban J connectivity index is 1.76. The van der Waals surface area contributed by atoms with Crippen LogP contribution < -0.4 is 5.32 Å². The van der Waals surface area contributed by atoms with Gasteiger partial charge >= 0.3 is 0 Å². The number of rotatable bonds is 4. The van der Waals surface area contributed by atoms with Crippen molar-refractivity contribution in [3.63, 3.8) is 0 Å². The van der Waals surface area contributed by atoms with Crippen LogP contribution in [0.15, 0.2) is 0 Å². The summed E-state index contributed by atoms with van der Waals surface area (Å²) in [6, 6.07) is 0.315. The Morgan fingerprint density at radius 3 is 2.82 bits per heavy atom. The minimum Gasteiger partial charge on any atom is -0.392 e. The van der Waals surface area contributed by atoms with Crippen LogP contribution in [0.5, 0.6) is 0 Å². The third-order valence-corrected chi connectivity index (χ3v) is 4.37. The molecule has 1 aliphatic heterocycles. The summed E-state index contributed by atoms with van der Waals surface area (Å²) >= 11 is 0. The molecule has 3 nitrogen and oxygen atoms in total. The van der Waals surface area contributed by atoms with Crippen LogP contribution in [0.1, 0.15) is 51.9 Å². The smallest absolute Gasteiger partial charge is 0.0693 e. The number of hydrogen-bond donors (Lipinski definition) is 2. The Morgan fingerprint density at radius 1 is 1.18 bits per heavy atom. The fraction of sp³-hybridized carbons (Fsp3) is 1.00. The first kappa shape index (κ1) is 13.3. The van der Waals surface area contributed by atoms with Crippen molar-refractivity contribution in [2.24, 2.45) is 5.92 Å². The molecule has 1 saturated heterocycles. The molecule has 2 fully saturated rings. The molecule has 0 spiro atoms. The fourth-order valence-electron chi connectivity index (χ4n) is 3.21. The molecule has 17 heavy (non-hydrogen) atoms. The molecule has 0 radical (unpaired) electrons. The van der Waals surface area contributed by atoms with E-state index in [1.165, 1.54) is 25.7 Å². The Bertz CT molecular complexity index is 222. The molecule has 1 aliphatic carbocycles. The summed E-state index contributed by atoms with van der Waals surface area (Å²) in [6.45, 7) is 4.13. The Labute approximate surface area is 105 Å². The summed E-state index contributed by atoms with van der Waals surface area (Å²) in [7, 11) is 0. The van der Waals surface area contributed by atoms with Gasteiger partial charge < -0.3 is 15.2 Å². The van der Waals surface area contributed by atoms with Crippen molar-refractivity contribution in [1.82, 2.24) is 5.32 Å². The average molecular weight is 241 g/mol. The quantitative estimate of drug-likeness (QED) is 0.741. The second-order valence-electron chi connectivity index (χ2n) is 5.59. The van der Waals surface area contributed by atoms with Crippen LogP contribution in [0, 0.1) is 5.92 Å². The van der Waals surface area contributed by atoms with Crippen molar-refractivity contribution in [3.8, 4) is 0 Å². The van der Waals surface area contributed by atoms with E-state index in [4.69, 9.17) is 4.74 Å². The molecule has 100 valence electrons. The second kappa shape index (κ2) is 6.72. The SMILES string of the molecule is CCC1OCCC1CNC1CCCCCC1O. The van der Waals surface area contributed by atoms with E-state index in [-0.39, 0.29) is 6.10 Å². The summed E-state index contributed by atoms with van der Waals surface area (Å²) < 4.78 is 5.70. The first-order chi connectivity index (χ1) is 8.31. The normalized spacial score (nSPS) is 39.2. The third kappa shape index (κ3) is 3.67. The molecular weight excluding hydrogens is 214 g/mol. The van der Waals surface area contributed by atoms with Crippen molar-refractivity contribution < 1.29 is 9.84 Å². The summed E-state index contributed by atoms with van der Waals surface area (Å²) in [5.41, 5.74) is 0. The zero-order chi connectivity index (χ0) is 12.1. The summed E-state index contributed by atoms with van der Waals surface area (Å²) in [4.78, 5) is 0. The summed E-state index contributed by atoms with van der Waals surface area (Å²) in [5.74, 6) is 0.649. The number of nitrogens with one attached hydrogen (secondary N) is 1. The molecule has 0 aromatic heterocycles. The molecule has 2 aliphatic rings. The first-order valence-electron chi connectivity index (χ1n) is 7.34. The maximum atomic E-state index is 10.1. The highest BCUT2D eigenvalue weighted by atomic mass is 16.5.